The third-order valence-corrected chi connectivity index (χ3v) is 3.91. The standard InChI is InChI=1S/C16H13ClO4/c17-13-8-11(18)3-4-12(13)15-6-1-9-7-10(16(19)20)2-5-14(9)21-15/h2-5,7-8,15,18H,1,6H2,(H,19,20). The lowest BCUT2D eigenvalue weighted by atomic mass is 9.96. The monoisotopic (exact) mass is 304 g/mol. The average Bonchev–Trinajstić information content (AvgIpc) is 2.46. The molecule has 2 N–H and O–H groups in total. The second-order valence-electron chi connectivity index (χ2n) is 4.98. The summed E-state index contributed by atoms with van der Waals surface area (Å²) < 4.78 is 5.91. The molecule has 1 unspecified atom stereocenters. The molecule has 0 spiro atoms. The highest BCUT2D eigenvalue weighted by Gasteiger charge is 2.24. The number of carboxylic acid groups (broad SMARTS) is 1. The van der Waals surface area contributed by atoms with Crippen LogP contribution in [-0.2, 0) is 6.42 Å². The first-order valence-corrected chi connectivity index (χ1v) is 6.93. The second-order valence-corrected chi connectivity index (χ2v) is 5.39. The summed E-state index contributed by atoms with van der Waals surface area (Å²) >= 11 is 6.14. The number of carboxylic acids is 1. The first-order chi connectivity index (χ1) is 10.0. The van der Waals surface area contributed by atoms with Gasteiger partial charge in [0, 0.05) is 5.56 Å². The van der Waals surface area contributed by atoms with Gasteiger partial charge in [0.15, 0.2) is 0 Å². The lowest BCUT2D eigenvalue weighted by Gasteiger charge is -2.27. The Bertz CT molecular complexity index is 711. The number of hydrogen-bond donors (Lipinski definition) is 2. The number of benzene rings is 2. The third-order valence-electron chi connectivity index (χ3n) is 3.58. The Balaban J connectivity index is 1.89. The van der Waals surface area contributed by atoms with E-state index in [2.05, 4.69) is 0 Å². The number of halogens is 1. The maximum atomic E-state index is 11.0. The van der Waals surface area contributed by atoms with Crippen molar-refractivity contribution in [1.29, 1.82) is 0 Å². The lowest BCUT2D eigenvalue weighted by Crippen LogP contribution is -2.16. The number of aromatic hydroxyl groups is 1. The maximum Gasteiger partial charge on any atom is 0.335 e. The highest BCUT2D eigenvalue weighted by molar-refractivity contribution is 6.31. The number of carbonyl (C=O) groups is 1. The van der Waals surface area contributed by atoms with Crippen molar-refractivity contribution in [2.24, 2.45) is 0 Å². The van der Waals surface area contributed by atoms with Crippen molar-refractivity contribution in [3.05, 3.63) is 58.1 Å². The van der Waals surface area contributed by atoms with Crippen LogP contribution in [0.4, 0.5) is 0 Å². The highest BCUT2D eigenvalue weighted by atomic mass is 35.5. The quantitative estimate of drug-likeness (QED) is 0.885. The Kier molecular flexibility index (Phi) is 3.47. The number of phenols is 1. The minimum absolute atomic E-state index is 0.117. The summed E-state index contributed by atoms with van der Waals surface area (Å²) in [6.07, 6.45) is 1.24. The van der Waals surface area contributed by atoms with Gasteiger partial charge in [-0.05, 0) is 48.7 Å². The molecule has 21 heavy (non-hydrogen) atoms. The van der Waals surface area contributed by atoms with Crippen molar-refractivity contribution >= 4 is 17.6 Å². The van der Waals surface area contributed by atoms with Crippen LogP contribution >= 0.6 is 11.6 Å². The normalized spacial score (nSPS) is 16.9. The zero-order valence-corrected chi connectivity index (χ0v) is 11.8. The van der Waals surface area contributed by atoms with Crippen LogP contribution in [0.5, 0.6) is 11.5 Å². The van der Waals surface area contributed by atoms with Gasteiger partial charge in [-0.1, -0.05) is 17.7 Å². The third kappa shape index (κ3) is 2.67. The fourth-order valence-electron chi connectivity index (χ4n) is 2.52. The Hall–Kier alpha value is -2.20. The molecule has 3 rings (SSSR count). The fourth-order valence-corrected chi connectivity index (χ4v) is 2.81. The van der Waals surface area contributed by atoms with Crippen molar-refractivity contribution in [1.82, 2.24) is 0 Å². The first-order valence-electron chi connectivity index (χ1n) is 6.56. The van der Waals surface area contributed by atoms with Gasteiger partial charge in [0.2, 0.25) is 0 Å². The van der Waals surface area contributed by atoms with Gasteiger partial charge in [0.05, 0.1) is 10.6 Å². The summed E-state index contributed by atoms with van der Waals surface area (Å²) in [5, 5.41) is 18.9. The van der Waals surface area contributed by atoms with E-state index in [0.29, 0.717) is 17.2 Å². The number of aromatic carboxylic acids is 1. The number of fused-ring (bicyclic) bond motifs is 1. The minimum atomic E-state index is -0.943. The van der Waals surface area contributed by atoms with Crippen molar-refractivity contribution in [2.45, 2.75) is 18.9 Å². The predicted molar refractivity (Wildman–Crippen MR) is 78.2 cm³/mol. The maximum absolute atomic E-state index is 11.0. The van der Waals surface area contributed by atoms with Crippen LogP contribution in [-0.4, -0.2) is 16.2 Å². The number of phenolic OH excluding ortho intramolecular Hbond substituents is 1. The predicted octanol–water partition coefficient (Wildman–Crippen LogP) is 3.81. The van der Waals surface area contributed by atoms with E-state index in [1.807, 2.05) is 0 Å². The summed E-state index contributed by atoms with van der Waals surface area (Å²) in [4.78, 5) is 11.0. The van der Waals surface area contributed by atoms with Crippen LogP contribution in [0.3, 0.4) is 0 Å². The van der Waals surface area contributed by atoms with Gasteiger partial charge in [0.25, 0.3) is 0 Å². The smallest absolute Gasteiger partial charge is 0.335 e. The second kappa shape index (κ2) is 5.30. The van der Waals surface area contributed by atoms with Crippen LogP contribution in [0, 0.1) is 0 Å². The molecule has 2 aromatic rings. The van der Waals surface area contributed by atoms with Gasteiger partial charge in [-0.3, -0.25) is 0 Å². The van der Waals surface area contributed by atoms with Gasteiger partial charge in [-0.25, -0.2) is 4.79 Å². The van der Waals surface area contributed by atoms with Crippen LogP contribution in [0.15, 0.2) is 36.4 Å². The molecule has 5 heteroatoms. The summed E-state index contributed by atoms with van der Waals surface area (Å²) in [6, 6.07) is 9.67. The molecule has 0 bridgehead atoms. The molecule has 1 aliphatic heterocycles. The lowest BCUT2D eigenvalue weighted by molar-refractivity contribution is 0.0696. The number of ether oxygens (including phenoxy) is 1. The molecular weight excluding hydrogens is 292 g/mol. The number of aryl methyl sites for hydroxylation is 1. The summed E-state index contributed by atoms with van der Waals surface area (Å²) in [6.45, 7) is 0. The molecule has 0 aromatic heterocycles. The first kappa shape index (κ1) is 13.8. The highest BCUT2D eigenvalue weighted by Crippen LogP contribution is 2.38. The molecule has 108 valence electrons. The number of hydrogen-bond acceptors (Lipinski definition) is 3. The molecule has 0 radical (unpaired) electrons. The molecule has 0 amide bonds. The Morgan fingerprint density at radius 3 is 2.76 bits per heavy atom. The van der Waals surface area contributed by atoms with E-state index in [1.165, 1.54) is 12.1 Å². The van der Waals surface area contributed by atoms with Crippen molar-refractivity contribution in [2.75, 3.05) is 0 Å². The van der Waals surface area contributed by atoms with Crippen LogP contribution in [0.2, 0.25) is 5.02 Å². The minimum Gasteiger partial charge on any atom is -0.508 e. The summed E-state index contributed by atoms with van der Waals surface area (Å²) in [7, 11) is 0. The van der Waals surface area contributed by atoms with E-state index in [0.717, 1.165) is 17.5 Å². The van der Waals surface area contributed by atoms with Crippen molar-refractivity contribution in [3.8, 4) is 11.5 Å². The molecule has 1 atom stereocenters. The molecule has 0 fully saturated rings. The van der Waals surface area contributed by atoms with E-state index in [1.54, 1.807) is 24.3 Å². The van der Waals surface area contributed by atoms with E-state index in [4.69, 9.17) is 21.4 Å². The van der Waals surface area contributed by atoms with E-state index in [-0.39, 0.29) is 17.4 Å². The van der Waals surface area contributed by atoms with Gasteiger partial charge >= 0.3 is 5.97 Å². The zero-order valence-electron chi connectivity index (χ0n) is 11.0. The van der Waals surface area contributed by atoms with E-state index < -0.39 is 5.97 Å². The van der Waals surface area contributed by atoms with E-state index in [9.17, 15) is 9.90 Å². The topological polar surface area (TPSA) is 66.8 Å². The van der Waals surface area contributed by atoms with Crippen molar-refractivity contribution < 1.29 is 19.7 Å². The fraction of sp³-hybridized carbons (Fsp3) is 0.188. The summed E-state index contributed by atoms with van der Waals surface area (Å²) in [5.41, 5.74) is 1.97. The Morgan fingerprint density at radius 2 is 2.05 bits per heavy atom. The molecule has 1 heterocycles. The zero-order chi connectivity index (χ0) is 15.0. The molecule has 2 aromatic carbocycles. The molecule has 1 aliphatic rings. The molecular formula is C16H13ClO4. The average molecular weight is 305 g/mol. The molecule has 4 nitrogen and oxygen atoms in total. The van der Waals surface area contributed by atoms with Crippen molar-refractivity contribution in [3.63, 3.8) is 0 Å². The number of rotatable bonds is 2. The van der Waals surface area contributed by atoms with Gasteiger partial charge in [0.1, 0.15) is 17.6 Å². The molecule has 0 saturated heterocycles. The van der Waals surface area contributed by atoms with Crippen LogP contribution in [0.25, 0.3) is 0 Å². The van der Waals surface area contributed by atoms with Gasteiger partial charge in [-0.2, -0.15) is 0 Å². The van der Waals surface area contributed by atoms with E-state index >= 15 is 0 Å². The SMILES string of the molecule is O=C(O)c1ccc2c(c1)CCC(c1ccc(O)cc1Cl)O2. The largest absolute Gasteiger partial charge is 0.508 e. The molecule has 0 saturated carbocycles. The van der Waals surface area contributed by atoms with Gasteiger partial charge < -0.3 is 14.9 Å². The van der Waals surface area contributed by atoms with Crippen LogP contribution in [0.1, 0.15) is 34.0 Å². The Labute approximate surface area is 126 Å². The van der Waals surface area contributed by atoms with Crippen LogP contribution < -0.4 is 4.74 Å². The summed E-state index contributed by atoms with van der Waals surface area (Å²) in [5.74, 6) is -0.145. The van der Waals surface area contributed by atoms with Gasteiger partial charge in [-0.15, -0.1) is 0 Å². The molecule has 0 aliphatic carbocycles. The Morgan fingerprint density at radius 1 is 1.24 bits per heavy atom.